The molecule has 0 aromatic carbocycles. The summed E-state index contributed by atoms with van der Waals surface area (Å²) in [6, 6.07) is 17.0. The number of carbonyl (C=O) groups excluding carboxylic acids is 1. The number of fused-ring (bicyclic) bond motifs is 6. The normalized spacial score (nSPS) is 16.5. The van der Waals surface area contributed by atoms with Gasteiger partial charge >= 0.3 is 6.09 Å². The summed E-state index contributed by atoms with van der Waals surface area (Å²) in [6.45, 7) is 12.2. The third-order valence-electron chi connectivity index (χ3n) is 14.2. The van der Waals surface area contributed by atoms with Crippen molar-refractivity contribution in [1.29, 1.82) is 10.5 Å². The summed E-state index contributed by atoms with van der Waals surface area (Å²) >= 11 is 0. The van der Waals surface area contributed by atoms with Gasteiger partial charge in [-0.25, -0.2) is 34.7 Å². The lowest BCUT2D eigenvalue weighted by Gasteiger charge is -2.36. The Morgan fingerprint density at radius 1 is 0.608 bits per heavy atom. The zero-order valence-corrected chi connectivity index (χ0v) is 42.6. The zero-order valence-electron chi connectivity index (χ0n) is 41.8. The standard InChI is InChI=1S/C29H33N9O2.C24H25N9.ClH/c1-29(2,3)40-28(39)37-14-12-36(13-15-37)20-8-9-24(32-17-20)34-27-33-18-22-21-10-11-31-23(16-30)25(21)38(26(22)35-27)19-6-4-5-7-19;25-13-20-22-18(7-8-27-20)19-15-29-24(31-23(19)33(22)16-3-1-2-4-16)30-21-6-5-17(14-28-21)32-11-9-26-10-12-32;/h8-11,17-19H,4-7,12-15H2,1-3H3,(H,32,33,34,35);5-8,14-16,26H,1-4,9-12H2,(H,28,29,30,31);1H. The van der Waals surface area contributed by atoms with Crippen LogP contribution in [0, 0.1) is 22.7 Å². The summed E-state index contributed by atoms with van der Waals surface area (Å²) in [6.07, 6.45) is 19.5. The maximum Gasteiger partial charge on any atom is 0.410 e. The summed E-state index contributed by atoms with van der Waals surface area (Å²) in [5.74, 6) is 2.29. The second-order valence-electron chi connectivity index (χ2n) is 20.1. The summed E-state index contributed by atoms with van der Waals surface area (Å²) < 4.78 is 9.92. The number of carbonyl (C=O) groups is 1. The van der Waals surface area contributed by atoms with Gasteiger partial charge in [0.25, 0.3) is 0 Å². The number of rotatable bonds is 8. The molecule has 21 heteroatoms. The molecule has 10 heterocycles. The van der Waals surface area contributed by atoms with Crippen LogP contribution >= 0.6 is 12.4 Å². The van der Waals surface area contributed by atoms with E-state index in [0.29, 0.717) is 67.1 Å². The van der Waals surface area contributed by atoms with E-state index in [2.05, 4.69) is 83.0 Å². The third kappa shape index (κ3) is 10.1. The fraction of sp³-hybridized carbons (Fsp3) is 0.415. The highest BCUT2D eigenvalue weighted by Gasteiger charge is 2.29. The first kappa shape index (κ1) is 49.6. The van der Waals surface area contributed by atoms with E-state index in [1.807, 2.05) is 75.9 Å². The van der Waals surface area contributed by atoms with Gasteiger partial charge in [-0.1, -0.05) is 25.7 Å². The molecule has 0 unspecified atom stereocenters. The third-order valence-corrected chi connectivity index (χ3v) is 14.2. The first-order chi connectivity index (χ1) is 35.6. The van der Waals surface area contributed by atoms with Gasteiger partial charge in [0, 0.05) is 111 Å². The van der Waals surface area contributed by atoms with Crippen molar-refractivity contribution >= 4 is 97.3 Å². The van der Waals surface area contributed by atoms with Gasteiger partial charge in [-0.05, 0) is 82.9 Å². The Kier molecular flexibility index (Phi) is 14.3. The SMILES string of the molecule is CC(C)(C)OC(=O)N1CCN(c2ccc(Nc3ncc4c5ccnc(C#N)c5n(C5CCCC5)c4n3)nc2)CC1.Cl.N#Cc1nccc2c3cnc(Nc4ccc(N5CCNCC5)cn4)nc3n(C3CCCC3)c12. The molecule has 380 valence electrons. The van der Waals surface area contributed by atoms with E-state index in [-0.39, 0.29) is 24.5 Å². The maximum atomic E-state index is 12.4. The van der Waals surface area contributed by atoms with Gasteiger partial charge in [0.15, 0.2) is 11.4 Å². The molecule has 8 aromatic heterocycles. The number of anilines is 6. The number of hydrogen-bond donors (Lipinski definition) is 3. The molecule has 3 N–H and O–H groups in total. The second kappa shape index (κ2) is 21.3. The maximum absolute atomic E-state index is 12.4. The molecule has 2 aliphatic carbocycles. The number of nitrogens with zero attached hydrogens (tertiary/aromatic N) is 15. The highest BCUT2D eigenvalue weighted by Crippen LogP contribution is 2.40. The van der Waals surface area contributed by atoms with Crippen LogP contribution in [-0.4, -0.2) is 118 Å². The number of amides is 1. The molecule has 0 bridgehead atoms. The Hall–Kier alpha value is -7.94. The van der Waals surface area contributed by atoms with Crippen molar-refractivity contribution in [2.75, 3.05) is 72.8 Å². The summed E-state index contributed by atoms with van der Waals surface area (Å²) in [4.78, 5) is 55.4. The smallest absolute Gasteiger partial charge is 0.410 e. The van der Waals surface area contributed by atoms with Crippen LogP contribution in [0.25, 0.3) is 43.9 Å². The van der Waals surface area contributed by atoms with Crippen LogP contribution in [0.5, 0.6) is 0 Å². The minimum atomic E-state index is -0.501. The first-order valence-electron chi connectivity index (χ1n) is 25.4. The fourth-order valence-electron chi connectivity index (χ4n) is 10.8. The van der Waals surface area contributed by atoms with Gasteiger partial charge in [0.05, 0.1) is 34.8 Å². The van der Waals surface area contributed by atoms with Crippen molar-refractivity contribution in [3.05, 3.63) is 85.0 Å². The number of halogens is 1. The number of ether oxygens (including phenoxy) is 1. The van der Waals surface area contributed by atoms with Crippen LogP contribution in [0.2, 0.25) is 0 Å². The van der Waals surface area contributed by atoms with Gasteiger partial charge in [-0.3, -0.25) is 0 Å². The Labute approximate surface area is 434 Å². The molecule has 4 aliphatic rings. The molecule has 2 saturated heterocycles. The number of piperazine rings is 2. The van der Waals surface area contributed by atoms with Crippen molar-refractivity contribution < 1.29 is 9.53 Å². The van der Waals surface area contributed by atoms with Crippen molar-refractivity contribution in [3.63, 3.8) is 0 Å². The minimum absolute atomic E-state index is 0. The van der Waals surface area contributed by atoms with Crippen LogP contribution in [0.15, 0.2) is 73.6 Å². The van der Waals surface area contributed by atoms with E-state index < -0.39 is 5.60 Å². The molecule has 0 spiro atoms. The average molecular weight is 1020 g/mol. The number of nitriles is 2. The lowest BCUT2D eigenvalue weighted by molar-refractivity contribution is 0.0240. The lowest BCUT2D eigenvalue weighted by Crippen LogP contribution is -2.50. The monoisotopic (exact) mass is 1010 g/mol. The van der Waals surface area contributed by atoms with Gasteiger partial charge in [0.2, 0.25) is 11.9 Å². The Morgan fingerprint density at radius 3 is 1.49 bits per heavy atom. The number of pyridine rings is 4. The van der Waals surface area contributed by atoms with E-state index in [1.54, 1.807) is 17.3 Å². The largest absolute Gasteiger partial charge is 0.444 e. The van der Waals surface area contributed by atoms with E-state index in [9.17, 15) is 15.3 Å². The summed E-state index contributed by atoms with van der Waals surface area (Å²) in [5.41, 5.74) is 5.83. The molecule has 2 saturated carbocycles. The number of nitrogens with one attached hydrogen (secondary N) is 3. The second-order valence-corrected chi connectivity index (χ2v) is 20.1. The van der Waals surface area contributed by atoms with E-state index in [1.165, 1.54) is 12.8 Å². The fourth-order valence-corrected chi connectivity index (χ4v) is 10.8. The van der Waals surface area contributed by atoms with Crippen molar-refractivity contribution in [2.45, 2.75) is 89.8 Å². The summed E-state index contributed by atoms with van der Waals surface area (Å²) in [7, 11) is 0. The van der Waals surface area contributed by atoms with Gasteiger partial charge in [-0.15, -0.1) is 12.4 Å². The molecular formula is C53H59ClN18O2. The topological polar surface area (TPSA) is 233 Å². The molecule has 1 amide bonds. The zero-order chi connectivity index (χ0) is 50.1. The molecule has 12 rings (SSSR count). The quantitative estimate of drug-likeness (QED) is 0.129. The minimum Gasteiger partial charge on any atom is -0.444 e. The van der Waals surface area contributed by atoms with E-state index in [0.717, 1.165) is 120 Å². The molecule has 4 fully saturated rings. The van der Waals surface area contributed by atoms with Gasteiger partial charge < -0.3 is 44.5 Å². The van der Waals surface area contributed by atoms with Crippen LogP contribution in [0.3, 0.4) is 0 Å². The highest BCUT2D eigenvalue weighted by atomic mass is 35.5. The number of hydrogen-bond acceptors (Lipinski definition) is 17. The highest BCUT2D eigenvalue weighted by molar-refractivity contribution is 6.09. The van der Waals surface area contributed by atoms with Crippen LogP contribution in [-0.2, 0) is 4.74 Å². The Bertz CT molecular complexity index is 3390. The predicted octanol–water partition coefficient (Wildman–Crippen LogP) is 9.10. The lowest BCUT2D eigenvalue weighted by atomic mass is 10.2. The average Bonchev–Trinajstić information content (AvgIpc) is 4.26. The van der Waals surface area contributed by atoms with Crippen molar-refractivity contribution in [1.82, 2.24) is 59.2 Å². The van der Waals surface area contributed by atoms with E-state index in [4.69, 9.17) is 14.7 Å². The van der Waals surface area contributed by atoms with Crippen molar-refractivity contribution in [3.8, 4) is 12.1 Å². The van der Waals surface area contributed by atoms with Gasteiger partial charge in [-0.2, -0.15) is 20.5 Å². The predicted molar refractivity (Wildman–Crippen MR) is 287 cm³/mol. The molecule has 74 heavy (non-hydrogen) atoms. The number of aromatic nitrogens is 10. The van der Waals surface area contributed by atoms with Gasteiger partial charge in [0.1, 0.15) is 40.7 Å². The first-order valence-corrected chi connectivity index (χ1v) is 25.4. The Morgan fingerprint density at radius 2 is 1.07 bits per heavy atom. The molecule has 0 radical (unpaired) electrons. The van der Waals surface area contributed by atoms with Crippen LogP contribution < -0.4 is 25.8 Å². The van der Waals surface area contributed by atoms with E-state index >= 15 is 0 Å². The molecular weight excluding hydrogens is 956 g/mol. The molecule has 8 aromatic rings. The molecule has 20 nitrogen and oxygen atoms in total. The Balaban J connectivity index is 0.000000170. The molecule has 2 aliphatic heterocycles. The van der Waals surface area contributed by atoms with Crippen LogP contribution in [0.1, 0.15) is 95.6 Å². The molecule has 0 atom stereocenters. The summed E-state index contributed by atoms with van der Waals surface area (Å²) in [5, 5.41) is 33.1. The van der Waals surface area contributed by atoms with Crippen LogP contribution in [0.4, 0.5) is 39.7 Å². The van der Waals surface area contributed by atoms with Crippen molar-refractivity contribution in [2.24, 2.45) is 0 Å².